The van der Waals surface area contributed by atoms with E-state index in [1.54, 1.807) is 46.6 Å². The molecule has 7 heteroatoms. The van der Waals surface area contributed by atoms with E-state index in [1.807, 2.05) is 19.2 Å². The van der Waals surface area contributed by atoms with Gasteiger partial charge in [0.2, 0.25) is 0 Å². The van der Waals surface area contributed by atoms with Crippen LogP contribution in [0.5, 0.6) is 11.5 Å². The molecule has 0 radical (unpaired) electrons. The molecular formula is C21H21FN2O3S. The lowest BCUT2D eigenvalue weighted by molar-refractivity contribution is 0.0988. The van der Waals surface area contributed by atoms with Gasteiger partial charge < -0.3 is 14.4 Å². The molecule has 1 aromatic heterocycles. The number of aryl methyl sites for hydroxylation is 1. The summed E-state index contributed by atoms with van der Waals surface area (Å²) in [6, 6.07) is 10.9. The number of halogens is 1. The highest BCUT2D eigenvalue weighted by Crippen LogP contribution is 2.30. The minimum absolute atomic E-state index is 0.200. The maximum Gasteiger partial charge on any atom is 0.258 e. The molecule has 0 atom stereocenters. The quantitative estimate of drug-likeness (QED) is 0.569. The van der Waals surface area contributed by atoms with E-state index in [2.05, 4.69) is 4.98 Å². The Labute approximate surface area is 167 Å². The molecule has 0 unspecified atom stereocenters. The van der Waals surface area contributed by atoms with E-state index < -0.39 is 0 Å². The van der Waals surface area contributed by atoms with Crippen molar-refractivity contribution in [2.75, 3.05) is 18.6 Å². The van der Waals surface area contributed by atoms with Crippen LogP contribution in [0.4, 0.5) is 10.1 Å². The molecule has 28 heavy (non-hydrogen) atoms. The third-order valence-corrected chi connectivity index (χ3v) is 4.97. The molecule has 146 valence electrons. The van der Waals surface area contributed by atoms with Crippen molar-refractivity contribution in [1.29, 1.82) is 0 Å². The van der Waals surface area contributed by atoms with Gasteiger partial charge >= 0.3 is 0 Å². The summed E-state index contributed by atoms with van der Waals surface area (Å²) in [5.74, 6) is 0.460. The van der Waals surface area contributed by atoms with Crippen LogP contribution in [-0.2, 0) is 6.61 Å². The number of amides is 1. The van der Waals surface area contributed by atoms with Crippen LogP contribution in [0.1, 0.15) is 28.0 Å². The first-order valence-electron chi connectivity index (χ1n) is 8.81. The van der Waals surface area contributed by atoms with Gasteiger partial charge in [-0.2, -0.15) is 0 Å². The maximum atomic E-state index is 13.2. The summed E-state index contributed by atoms with van der Waals surface area (Å²) in [5.41, 5.74) is 1.94. The van der Waals surface area contributed by atoms with Crippen molar-refractivity contribution in [2.45, 2.75) is 20.5 Å². The van der Waals surface area contributed by atoms with Gasteiger partial charge in [0.1, 0.15) is 12.4 Å². The van der Waals surface area contributed by atoms with Crippen molar-refractivity contribution in [3.05, 3.63) is 69.9 Å². The number of nitrogens with zero attached hydrogens (tertiary/aromatic N) is 2. The molecular weight excluding hydrogens is 379 g/mol. The highest BCUT2D eigenvalue weighted by Gasteiger charge is 2.18. The molecule has 1 heterocycles. The smallest absolute Gasteiger partial charge is 0.258 e. The highest BCUT2D eigenvalue weighted by molar-refractivity contribution is 7.09. The second kappa shape index (κ2) is 8.84. The fourth-order valence-corrected chi connectivity index (χ4v) is 3.36. The van der Waals surface area contributed by atoms with Crippen molar-refractivity contribution in [2.24, 2.45) is 0 Å². The van der Waals surface area contributed by atoms with Crippen LogP contribution >= 0.6 is 11.3 Å². The summed E-state index contributed by atoms with van der Waals surface area (Å²) in [5, 5.41) is 2.92. The number of anilines is 1. The van der Waals surface area contributed by atoms with Gasteiger partial charge in [-0.15, -0.1) is 11.3 Å². The molecule has 0 fully saturated rings. The molecule has 0 bridgehead atoms. The molecule has 0 aliphatic rings. The molecule has 0 saturated heterocycles. The van der Waals surface area contributed by atoms with Crippen molar-refractivity contribution in [3.63, 3.8) is 0 Å². The van der Waals surface area contributed by atoms with Crippen molar-refractivity contribution >= 4 is 22.9 Å². The molecule has 0 spiro atoms. The van der Waals surface area contributed by atoms with Crippen LogP contribution in [0.3, 0.4) is 0 Å². The molecule has 3 aromatic rings. The number of ether oxygens (including phenoxy) is 2. The van der Waals surface area contributed by atoms with E-state index in [9.17, 15) is 9.18 Å². The highest BCUT2D eigenvalue weighted by atomic mass is 32.1. The zero-order chi connectivity index (χ0) is 20.1. The zero-order valence-electron chi connectivity index (χ0n) is 15.9. The molecule has 0 N–H and O–H groups in total. The van der Waals surface area contributed by atoms with E-state index in [4.69, 9.17) is 9.47 Å². The number of thiazole rings is 1. The van der Waals surface area contributed by atoms with Gasteiger partial charge in [-0.1, -0.05) is 0 Å². The van der Waals surface area contributed by atoms with Crippen LogP contribution in [0.15, 0.2) is 47.8 Å². The molecule has 1 amide bonds. The Kier molecular flexibility index (Phi) is 6.26. The first-order chi connectivity index (χ1) is 13.5. The largest absolute Gasteiger partial charge is 0.493 e. The predicted molar refractivity (Wildman–Crippen MR) is 108 cm³/mol. The topological polar surface area (TPSA) is 51.7 Å². The van der Waals surface area contributed by atoms with Crippen LogP contribution in [-0.4, -0.2) is 24.5 Å². The number of benzene rings is 2. The Balaban J connectivity index is 1.79. The minimum atomic E-state index is -0.342. The number of hydrogen-bond acceptors (Lipinski definition) is 5. The van der Waals surface area contributed by atoms with Gasteiger partial charge in [0.05, 0.1) is 17.8 Å². The fourth-order valence-electron chi connectivity index (χ4n) is 2.77. The third kappa shape index (κ3) is 4.48. The van der Waals surface area contributed by atoms with Gasteiger partial charge in [-0.05, 0) is 56.3 Å². The first-order valence-corrected chi connectivity index (χ1v) is 9.69. The van der Waals surface area contributed by atoms with Crippen molar-refractivity contribution < 1.29 is 18.7 Å². The Hall–Kier alpha value is -2.93. The van der Waals surface area contributed by atoms with E-state index >= 15 is 0 Å². The Morgan fingerprint density at radius 1 is 1.18 bits per heavy atom. The van der Waals surface area contributed by atoms with Crippen molar-refractivity contribution in [3.8, 4) is 11.5 Å². The molecule has 0 saturated carbocycles. The zero-order valence-corrected chi connectivity index (χ0v) is 16.8. The lowest BCUT2D eigenvalue weighted by atomic mass is 10.1. The predicted octanol–water partition coefficient (Wildman–Crippen LogP) is 4.84. The van der Waals surface area contributed by atoms with Gasteiger partial charge in [0, 0.05) is 23.2 Å². The van der Waals surface area contributed by atoms with Crippen LogP contribution in [0.25, 0.3) is 0 Å². The Morgan fingerprint density at radius 3 is 2.54 bits per heavy atom. The summed E-state index contributed by atoms with van der Waals surface area (Å²) in [6.07, 6.45) is 0. The van der Waals surface area contributed by atoms with Crippen LogP contribution < -0.4 is 14.4 Å². The number of carbonyl (C=O) groups excluding carboxylic acids is 1. The monoisotopic (exact) mass is 400 g/mol. The van der Waals surface area contributed by atoms with Gasteiger partial charge in [-0.25, -0.2) is 9.37 Å². The molecule has 2 aromatic carbocycles. The van der Waals surface area contributed by atoms with Gasteiger partial charge in [0.25, 0.3) is 5.91 Å². The third-order valence-electron chi connectivity index (χ3n) is 4.15. The average molecular weight is 400 g/mol. The maximum absolute atomic E-state index is 13.2. The SMILES string of the molecule is CCN(C(=O)c1ccc(OCc2csc(C)n2)c(OC)c1)c1ccc(F)cc1. The Morgan fingerprint density at radius 2 is 1.93 bits per heavy atom. The standard InChI is InChI=1S/C21H21FN2O3S/c1-4-24(18-8-6-16(22)7-9-18)21(25)15-5-10-19(20(11-15)26-3)27-12-17-13-28-14(2)23-17/h5-11,13H,4,12H2,1-3H3. The Bertz CT molecular complexity index is 957. The van der Waals surface area contributed by atoms with E-state index in [0.717, 1.165) is 10.7 Å². The fraction of sp³-hybridized carbons (Fsp3) is 0.238. The summed E-state index contributed by atoms with van der Waals surface area (Å²) in [4.78, 5) is 18.9. The second-order valence-corrected chi connectivity index (χ2v) is 7.10. The molecule has 0 aliphatic carbocycles. The summed E-state index contributed by atoms with van der Waals surface area (Å²) < 4.78 is 24.4. The number of hydrogen-bond donors (Lipinski definition) is 0. The summed E-state index contributed by atoms with van der Waals surface area (Å²) >= 11 is 1.56. The lowest BCUT2D eigenvalue weighted by Gasteiger charge is -2.21. The summed E-state index contributed by atoms with van der Waals surface area (Å²) in [6.45, 7) is 4.58. The van der Waals surface area contributed by atoms with Crippen LogP contribution in [0, 0.1) is 12.7 Å². The van der Waals surface area contributed by atoms with Gasteiger partial charge in [-0.3, -0.25) is 4.79 Å². The van der Waals surface area contributed by atoms with Crippen LogP contribution in [0.2, 0.25) is 0 Å². The normalized spacial score (nSPS) is 10.6. The molecule has 3 rings (SSSR count). The summed E-state index contributed by atoms with van der Waals surface area (Å²) in [7, 11) is 1.53. The molecule has 5 nitrogen and oxygen atoms in total. The van der Waals surface area contributed by atoms with E-state index in [0.29, 0.717) is 35.9 Å². The number of aromatic nitrogens is 1. The lowest BCUT2D eigenvalue weighted by Crippen LogP contribution is -2.30. The van der Waals surface area contributed by atoms with Crippen molar-refractivity contribution in [1.82, 2.24) is 4.98 Å². The second-order valence-electron chi connectivity index (χ2n) is 6.04. The molecule has 0 aliphatic heterocycles. The first kappa shape index (κ1) is 19.8. The van der Waals surface area contributed by atoms with Gasteiger partial charge in [0.15, 0.2) is 11.5 Å². The average Bonchev–Trinajstić information content (AvgIpc) is 3.13. The van der Waals surface area contributed by atoms with E-state index in [1.165, 1.54) is 19.2 Å². The minimum Gasteiger partial charge on any atom is -0.493 e. The number of methoxy groups -OCH3 is 1. The van der Waals surface area contributed by atoms with E-state index in [-0.39, 0.29) is 11.7 Å². The number of carbonyl (C=O) groups is 1. The number of rotatable bonds is 7.